The summed E-state index contributed by atoms with van der Waals surface area (Å²) in [6.07, 6.45) is 0.180. The topological polar surface area (TPSA) is 56.3 Å². The fraction of sp³-hybridized carbons (Fsp3) is 0.286. The van der Waals surface area contributed by atoms with Gasteiger partial charge in [-0.3, -0.25) is 4.79 Å². The number of benzene rings is 2. The molecular weight excluding hydrogens is 350 g/mol. The lowest BCUT2D eigenvalue weighted by Crippen LogP contribution is -2.24. The average molecular weight is 370 g/mol. The Labute approximate surface area is 157 Å². The molecule has 0 aliphatic heterocycles. The number of ether oxygens (including phenoxy) is 1. The van der Waals surface area contributed by atoms with Crippen molar-refractivity contribution in [2.45, 2.75) is 32.8 Å². The maximum atomic E-state index is 12.7. The van der Waals surface area contributed by atoms with Crippen molar-refractivity contribution in [3.8, 4) is 0 Å². The van der Waals surface area contributed by atoms with Gasteiger partial charge in [0.1, 0.15) is 5.60 Å². The van der Waals surface area contributed by atoms with Crippen LogP contribution in [0, 0.1) is 0 Å². The van der Waals surface area contributed by atoms with Gasteiger partial charge in [-0.25, -0.2) is 9.78 Å². The van der Waals surface area contributed by atoms with Gasteiger partial charge in [-0.15, -0.1) is 11.6 Å². The first kappa shape index (κ1) is 18.3. The lowest BCUT2D eigenvalue weighted by Gasteiger charge is -2.20. The Kier molecular flexibility index (Phi) is 4.97. The molecule has 0 N–H and O–H groups in total. The smallest absolute Gasteiger partial charge is 0.339 e. The highest BCUT2D eigenvalue weighted by Gasteiger charge is 2.21. The third-order valence-corrected chi connectivity index (χ3v) is 4.22. The van der Waals surface area contributed by atoms with Gasteiger partial charge in [0.25, 0.3) is 0 Å². The highest BCUT2D eigenvalue weighted by atomic mass is 35.5. The molecule has 134 valence electrons. The number of carbonyl (C=O) groups excluding carboxylic acids is 2. The van der Waals surface area contributed by atoms with Gasteiger partial charge >= 0.3 is 5.97 Å². The van der Waals surface area contributed by atoms with E-state index >= 15 is 0 Å². The van der Waals surface area contributed by atoms with Crippen molar-refractivity contribution in [2.24, 2.45) is 0 Å². The van der Waals surface area contributed by atoms with E-state index in [0.29, 0.717) is 16.5 Å². The molecule has 0 bridgehead atoms. The number of hydrogen-bond donors (Lipinski definition) is 0. The van der Waals surface area contributed by atoms with E-state index in [1.54, 1.807) is 12.1 Å². The quantitative estimate of drug-likeness (QED) is 0.380. The number of hydrogen-bond acceptors (Lipinski definition) is 4. The lowest BCUT2D eigenvalue weighted by atomic mass is 9.99. The van der Waals surface area contributed by atoms with Crippen LogP contribution in [0.25, 0.3) is 21.8 Å². The summed E-state index contributed by atoms with van der Waals surface area (Å²) >= 11 is 5.66. The van der Waals surface area contributed by atoms with Crippen LogP contribution in [0.4, 0.5) is 0 Å². The molecule has 3 rings (SSSR count). The molecule has 4 nitrogen and oxygen atoms in total. The Bertz CT molecular complexity index is 1010. The van der Waals surface area contributed by atoms with E-state index < -0.39 is 11.6 Å². The highest BCUT2D eigenvalue weighted by molar-refractivity contribution is 6.28. The number of halogens is 1. The molecule has 26 heavy (non-hydrogen) atoms. The molecule has 0 atom stereocenters. The zero-order chi connectivity index (χ0) is 18.9. The van der Waals surface area contributed by atoms with Gasteiger partial charge < -0.3 is 4.74 Å². The normalized spacial score (nSPS) is 11.7. The number of alkyl halides is 1. The maximum absolute atomic E-state index is 12.7. The van der Waals surface area contributed by atoms with Crippen molar-refractivity contribution in [3.63, 3.8) is 0 Å². The van der Waals surface area contributed by atoms with Gasteiger partial charge in [0.15, 0.2) is 5.78 Å². The number of aromatic nitrogens is 1. The Morgan fingerprint density at radius 2 is 1.85 bits per heavy atom. The number of Topliss-reactive ketones (excluding diaryl/α,β-unsaturated/α-hetero) is 1. The van der Waals surface area contributed by atoms with E-state index in [1.807, 2.05) is 51.1 Å². The Morgan fingerprint density at radius 1 is 1.12 bits per heavy atom. The summed E-state index contributed by atoms with van der Waals surface area (Å²) in [5.41, 5.74) is 2.03. The van der Waals surface area contributed by atoms with Crippen molar-refractivity contribution in [1.29, 1.82) is 0 Å². The largest absolute Gasteiger partial charge is 0.456 e. The van der Waals surface area contributed by atoms with Gasteiger partial charge in [-0.1, -0.05) is 24.3 Å². The zero-order valence-electron chi connectivity index (χ0n) is 15.0. The minimum Gasteiger partial charge on any atom is -0.456 e. The molecule has 2 aromatic carbocycles. The van der Waals surface area contributed by atoms with Crippen LogP contribution in [0.3, 0.4) is 0 Å². The van der Waals surface area contributed by atoms with Crippen molar-refractivity contribution in [1.82, 2.24) is 4.98 Å². The number of esters is 1. The summed E-state index contributed by atoms with van der Waals surface area (Å²) in [6.45, 7) is 5.48. The van der Waals surface area contributed by atoms with Crippen LogP contribution in [0.2, 0.25) is 0 Å². The van der Waals surface area contributed by atoms with Crippen LogP contribution < -0.4 is 0 Å². The van der Waals surface area contributed by atoms with Crippen LogP contribution in [-0.4, -0.2) is 28.2 Å². The van der Waals surface area contributed by atoms with Crippen LogP contribution in [-0.2, 0) is 16.0 Å². The third kappa shape index (κ3) is 3.86. The summed E-state index contributed by atoms with van der Waals surface area (Å²) in [4.78, 5) is 29.2. The van der Waals surface area contributed by atoms with E-state index in [4.69, 9.17) is 21.3 Å². The van der Waals surface area contributed by atoms with E-state index in [2.05, 4.69) is 0 Å². The second-order valence-corrected chi connectivity index (χ2v) is 7.47. The van der Waals surface area contributed by atoms with Crippen molar-refractivity contribution in [2.75, 3.05) is 5.88 Å². The minimum atomic E-state index is -0.596. The standard InChI is InChI=1S/C21H20ClNO3/c1-21(2,3)26-20(25)16-9-8-14(10-15(24)12-22)19-17(16)11-13-6-4-5-7-18(13)23-19/h4-9,11H,10,12H2,1-3H3. The van der Waals surface area contributed by atoms with Crippen LogP contribution in [0.15, 0.2) is 42.5 Å². The monoisotopic (exact) mass is 369 g/mol. The molecule has 0 aliphatic rings. The molecule has 0 saturated carbocycles. The van der Waals surface area contributed by atoms with Gasteiger partial charge in [0.2, 0.25) is 0 Å². The number of para-hydroxylation sites is 1. The van der Waals surface area contributed by atoms with Gasteiger partial charge in [-0.2, -0.15) is 0 Å². The predicted molar refractivity (Wildman–Crippen MR) is 104 cm³/mol. The molecule has 0 unspecified atom stereocenters. The molecule has 0 aliphatic carbocycles. The summed E-state index contributed by atoms with van der Waals surface area (Å²) in [5, 5.41) is 1.60. The first-order valence-electron chi connectivity index (χ1n) is 8.41. The average Bonchev–Trinajstić information content (AvgIpc) is 2.58. The van der Waals surface area contributed by atoms with Crippen LogP contribution in [0.1, 0.15) is 36.7 Å². The SMILES string of the molecule is CC(C)(C)OC(=O)c1ccc(CC(=O)CCl)c2nc3ccccc3cc12. The first-order chi connectivity index (χ1) is 12.3. The second-order valence-electron chi connectivity index (χ2n) is 7.20. The number of nitrogens with zero attached hydrogens (tertiary/aromatic N) is 1. The van der Waals surface area contributed by atoms with Crippen LogP contribution >= 0.6 is 11.6 Å². The number of rotatable bonds is 4. The summed E-state index contributed by atoms with van der Waals surface area (Å²) in [6, 6.07) is 13.1. The Balaban J connectivity index is 2.23. The number of ketones is 1. The van der Waals surface area contributed by atoms with E-state index in [9.17, 15) is 9.59 Å². The van der Waals surface area contributed by atoms with Gasteiger partial charge in [-0.05, 0) is 44.5 Å². The van der Waals surface area contributed by atoms with E-state index in [0.717, 1.165) is 16.5 Å². The minimum absolute atomic E-state index is 0.0527. The molecule has 0 spiro atoms. The fourth-order valence-corrected chi connectivity index (χ4v) is 2.93. The maximum Gasteiger partial charge on any atom is 0.339 e. The molecular formula is C21H20ClNO3. The van der Waals surface area contributed by atoms with E-state index in [1.165, 1.54) is 0 Å². The number of carbonyl (C=O) groups is 2. The van der Waals surface area contributed by atoms with Crippen molar-refractivity contribution < 1.29 is 14.3 Å². The second kappa shape index (κ2) is 7.04. The molecule has 0 fully saturated rings. The summed E-state index contributed by atoms with van der Waals surface area (Å²) < 4.78 is 5.53. The molecule has 0 saturated heterocycles. The number of fused-ring (bicyclic) bond motifs is 2. The molecule has 3 aromatic rings. The van der Waals surface area contributed by atoms with Gasteiger partial charge in [0.05, 0.1) is 22.5 Å². The van der Waals surface area contributed by atoms with Crippen molar-refractivity contribution in [3.05, 3.63) is 53.6 Å². The van der Waals surface area contributed by atoms with Gasteiger partial charge in [0, 0.05) is 17.2 Å². The zero-order valence-corrected chi connectivity index (χ0v) is 15.8. The molecule has 1 heterocycles. The Morgan fingerprint density at radius 3 is 2.54 bits per heavy atom. The molecule has 1 aromatic heterocycles. The molecule has 0 radical (unpaired) electrons. The number of pyridine rings is 1. The predicted octanol–water partition coefficient (Wildman–Crippen LogP) is 4.69. The first-order valence-corrected chi connectivity index (χ1v) is 8.94. The van der Waals surface area contributed by atoms with E-state index in [-0.39, 0.29) is 18.1 Å². The molecule has 5 heteroatoms. The van der Waals surface area contributed by atoms with Crippen molar-refractivity contribution >= 4 is 45.2 Å². The highest BCUT2D eigenvalue weighted by Crippen LogP contribution is 2.27. The fourth-order valence-electron chi connectivity index (χ4n) is 2.83. The molecule has 0 amide bonds. The third-order valence-electron chi connectivity index (χ3n) is 3.92. The Hall–Kier alpha value is -2.46. The summed E-state index contributed by atoms with van der Waals surface area (Å²) in [7, 11) is 0. The van der Waals surface area contributed by atoms with Crippen LogP contribution in [0.5, 0.6) is 0 Å². The summed E-state index contributed by atoms with van der Waals surface area (Å²) in [5.74, 6) is -0.550. The lowest BCUT2D eigenvalue weighted by molar-refractivity contribution is -0.116.